The summed E-state index contributed by atoms with van der Waals surface area (Å²) in [6, 6.07) is 0. The third kappa shape index (κ3) is 4.60. The van der Waals surface area contributed by atoms with E-state index in [1.54, 1.807) is 14.1 Å². The predicted molar refractivity (Wildman–Crippen MR) is 59.3 cm³/mol. The third-order valence-corrected chi connectivity index (χ3v) is 3.22. The van der Waals surface area contributed by atoms with Crippen molar-refractivity contribution in [2.24, 2.45) is 5.92 Å². The summed E-state index contributed by atoms with van der Waals surface area (Å²) < 4.78 is 0. The number of carbonyl (C=O) groups is 2. The Kier molecular flexibility index (Phi) is 5.76. The van der Waals surface area contributed by atoms with Gasteiger partial charge in [0.05, 0.1) is 11.4 Å². The van der Waals surface area contributed by atoms with E-state index < -0.39 is 0 Å². The van der Waals surface area contributed by atoms with Crippen LogP contribution in [0.4, 0.5) is 0 Å². The number of nitrogens with one attached hydrogen (secondary N) is 1. The van der Waals surface area contributed by atoms with E-state index in [-0.39, 0.29) is 29.1 Å². The second kappa shape index (κ2) is 6.01. The van der Waals surface area contributed by atoms with Crippen molar-refractivity contribution < 1.29 is 9.59 Å². The minimum atomic E-state index is -0.238. The molecule has 5 heteroatoms. The van der Waals surface area contributed by atoms with Crippen LogP contribution >= 0.6 is 15.9 Å². The number of hydrogen-bond acceptors (Lipinski definition) is 2. The zero-order chi connectivity index (χ0) is 11.3. The number of likely N-dealkylation sites (N-methyl/N-ethyl adjacent to an activating group) is 1. The fourth-order valence-corrected chi connectivity index (χ4v) is 0.883. The van der Waals surface area contributed by atoms with Crippen molar-refractivity contribution in [3.63, 3.8) is 0 Å². The zero-order valence-corrected chi connectivity index (χ0v) is 10.6. The Bertz CT molecular complexity index is 217. The molecule has 0 aromatic heterocycles. The zero-order valence-electron chi connectivity index (χ0n) is 9.00. The van der Waals surface area contributed by atoms with Crippen LogP contribution in [0.15, 0.2) is 0 Å². The molecule has 0 bridgehead atoms. The summed E-state index contributed by atoms with van der Waals surface area (Å²) in [4.78, 5) is 23.7. The van der Waals surface area contributed by atoms with Crippen LogP contribution < -0.4 is 5.32 Å². The van der Waals surface area contributed by atoms with Crippen molar-refractivity contribution in [3.05, 3.63) is 0 Å². The summed E-state index contributed by atoms with van der Waals surface area (Å²) in [6.07, 6.45) is 0. The molecule has 0 aromatic carbocycles. The average molecular weight is 265 g/mol. The summed E-state index contributed by atoms with van der Waals surface area (Å²) in [6.45, 7) is 3.93. The Balaban J connectivity index is 3.91. The lowest BCUT2D eigenvalue weighted by molar-refractivity contribution is -0.130. The van der Waals surface area contributed by atoms with Crippen LogP contribution in [0.5, 0.6) is 0 Å². The van der Waals surface area contributed by atoms with Gasteiger partial charge in [-0.05, 0) is 5.92 Å². The van der Waals surface area contributed by atoms with Crippen molar-refractivity contribution in [2.45, 2.75) is 18.7 Å². The first-order valence-electron chi connectivity index (χ1n) is 4.48. The van der Waals surface area contributed by atoms with Crippen molar-refractivity contribution in [1.82, 2.24) is 10.2 Å². The van der Waals surface area contributed by atoms with Crippen LogP contribution in [0.3, 0.4) is 0 Å². The molecule has 1 atom stereocenters. The second-order valence-electron chi connectivity index (χ2n) is 3.65. The molecule has 0 saturated carbocycles. The molecule has 82 valence electrons. The fourth-order valence-electron chi connectivity index (χ4n) is 0.721. The van der Waals surface area contributed by atoms with Crippen LogP contribution in [0.1, 0.15) is 13.8 Å². The number of rotatable bonds is 4. The molecule has 0 aliphatic rings. The molecule has 2 amide bonds. The molecular formula is C9H17BrN2O2. The number of amides is 2. The van der Waals surface area contributed by atoms with E-state index in [9.17, 15) is 9.59 Å². The van der Waals surface area contributed by atoms with E-state index in [0.29, 0.717) is 0 Å². The first-order valence-corrected chi connectivity index (χ1v) is 5.39. The number of carbonyl (C=O) groups excluding carboxylic acids is 2. The molecule has 0 aliphatic carbocycles. The normalized spacial score (nSPS) is 12.4. The van der Waals surface area contributed by atoms with Gasteiger partial charge in [-0.3, -0.25) is 9.59 Å². The van der Waals surface area contributed by atoms with E-state index in [1.807, 2.05) is 13.8 Å². The summed E-state index contributed by atoms with van der Waals surface area (Å²) in [5.74, 6) is -0.0403. The monoisotopic (exact) mass is 264 g/mol. The van der Waals surface area contributed by atoms with Gasteiger partial charge in [0.25, 0.3) is 0 Å². The quantitative estimate of drug-likeness (QED) is 0.757. The van der Waals surface area contributed by atoms with Gasteiger partial charge in [0.1, 0.15) is 0 Å². The van der Waals surface area contributed by atoms with Crippen molar-refractivity contribution in [1.29, 1.82) is 0 Å². The van der Waals surface area contributed by atoms with Crippen molar-refractivity contribution in [2.75, 3.05) is 20.6 Å². The lowest BCUT2D eigenvalue weighted by Crippen LogP contribution is -2.40. The number of halogens is 1. The maximum atomic E-state index is 11.4. The average Bonchev–Trinajstić information content (AvgIpc) is 2.11. The molecule has 0 aromatic rings. The maximum Gasteiger partial charge on any atom is 0.241 e. The largest absolute Gasteiger partial charge is 0.347 e. The molecule has 0 radical (unpaired) electrons. The minimum absolute atomic E-state index is 0.0562. The number of alkyl halides is 1. The Labute approximate surface area is 93.2 Å². The highest BCUT2D eigenvalue weighted by atomic mass is 79.9. The Hall–Kier alpha value is -0.580. The molecule has 0 spiro atoms. The summed E-state index contributed by atoms with van der Waals surface area (Å²) in [5, 5.41) is 2.57. The second-order valence-corrected chi connectivity index (χ2v) is 4.64. The molecule has 1 N–H and O–H groups in total. The minimum Gasteiger partial charge on any atom is -0.347 e. The van der Waals surface area contributed by atoms with E-state index >= 15 is 0 Å². The Morgan fingerprint density at radius 3 is 2.21 bits per heavy atom. The van der Waals surface area contributed by atoms with Gasteiger partial charge in [-0.15, -0.1) is 0 Å². The summed E-state index contributed by atoms with van der Waals surface area (Å²) in [5.41, 5.74) is 0. The molecule has 0 heterocycles. The van der Waals surface area contributed by atoms with Crippen LogP contribution in [0, 0.1) is 5.92 Å². The van der Waals surface area contributed by atoms with E-state index in [4.69, 9.17) is 0 Å². The number of hydrogen-bond donors (Lipinski definition) is 1. The first-order chi connectivity index (χ1) is 6.36. The van der Waals surface area contributed by atoms with Gasteiger partial charge in [-0.2, -0.15) is 0 Å². The molecule has 0 saturated heterocycles. The molecule has 4 nitrogen and oxygen atoms in total. The molecule has 0 aliphatic heterocycles. The van der Waals surface area contributed by atoms with Crippen LogP contribution in [0.25, 0.3) is 0 Å². The smallest absolute Gasteiger partial charge is 0.241 e. The Morgan fingerprint density at radius 2 is 1.86 bits per heavy atom. The SMILES string of the molecule is CC(C)C(Br)C(=O)NCC(=O)N(C)C. The highest BCUT2D eigenvalue weighted by Gasteiger charge is 2.18. The number of nitrogens with zero attached hydrogens (tertiary/aromatic N) is 1. The van der Waals surface area contributed by atoms with Gasteiger partial charge >= 0.3 is 0 Å². The third-order valence-electron chi connectivity index (χ3n) is 1.75. The van der Waals surface area contributed by atoms with E-state index in [1.165, 1.54) is 4.90 Å². The topological polar surface area (TPSA) is 49.4 Å². The van der Waals surface area contributed by atoms with Gasteiger partial charge in [0.15, 0.2) is 0 Å². The van der Waals surface area contributed by atoms with Gasteiger partial charge in [0, 0.05) is 14.1 Å². The van der Waals surface area contributed by atoms with Crippen LogP contribution in [-0.2, 0) is 9.59 Å². The highest BCUT2D eigenvalue weighted by Crippen LogP contribution is 2.11. The molecular weight excluding hydrogens is 248 g/mol. The first kappa shape index (κ1) is 13.4. The summed E-state index contributed by atoms with van der Waals surface area (Å²) in [7, 11) is 3.31. The van der Waals surface area contributed by atoms with E-state index in [0.717, 1.165) is 0 Å². The molecule has 0 rings (SSSR count). The van der Waals surface area contributed by atoms with Crippen molar-refractivity contribution in [3.8, 4) is 0 Å². The van der Waals surface area contributed by atoms with Gasteiger partial charge < -0.3 is 10.2 Å². The Morgan fingerprint density at radius 1 is 1.36 bits per heavy atom. The predicted octanol–water partition coefficient (Wildman–Crippen LogP) is 0.610. The van der Waals surface area contributed by atoms with Gasteiger partial charge in [0.2, 0.25) is 11.8 Å². The van der Waals surface area contributed by atoms with E-state index in [2.05, 4.69) is 21.2 Å². The van der Waals surface area contributed by atoms with Gasteiger partial charge in [-0.25, -0.2) is 0 Å². The fraction of sp³-hybridized carbons (Fsp3) is 0.778. The van der Waals surface area contributed by atoms with Gasteiger partial charge in [-0.1, -0.05) is 29.8 Å². The lowest BCUT2D eigenvalue weighted by Gasteiger charge is -2.15. The molecule has 0 fully saturated rings. The van der Waals surface area contributed by atoms with Crippen LogP contribution in [-0.4, -0.2) is 42.2 Å². The maximum absolute atomic E-state index is 11.4. The lowest BCUT2D eigenvalue weighted by atomic mass is 10.1. The molecule has 14 heavy (non-hydrogen) atoms. The molecule has 1 unspecified atom stereocenters. The van der Waals surface area contributed by atoms with Crippen molar-refractivity contribution >= 4 is 27.7 Å². The standard InChI is InChI=1S/C9H17BrN2O2/c1-6(2)8(10)9(14)11-5-7(13)12(3)4/h6,8H,5H2,1-4H3,(H,11,14). The highest BCUT2D eigenvalue weighted by molar-refractivity contribution is 9.10. The summed E-state index contributed by atoms with van der Waals surface area (Å²) >= 11 is 3.26. The van der Waals surface area contributed by atoms with Crippen LogP contribution in [0.2, 0.25) is 0 Å².